The number of nitrogens with zero attached hydrogens (tertiary/aromatic N) is 4. The maximum absolute atomic E-state index is 10.7. The van der Waals surface area contributed by atoms with Crippen molar-refractivity contribution in [3.05, 3.63) is 28.4 Å². The number of thioether (sulfide) groups is 1. The Balaban J connectivity index is 2.28. The molecule has 17 heavy (non-hydrogen) atoms. The zero-order valence-electron chi connectivity index (χ0n) is 8.81. The molecule has 0 N–H and O–H groups in total. The highest BCUT2D eigenvalue weighted by molar-refractivity contribution is 7.99. The predicted molar refractivity (Wildman–Crippen MR) is 68.8 cm³/mol. The summed E-state index contributed by atoms with van der Waals surface area (Å²) in [6.07, 6.45) is 2.18. The van der Waals surface area contributed by atoms with E-state index in [1.54, 1.807) is 17.8 Å². The van der Waals surface area contributed by atoms with Crippen molar-refractivity contribution in [3.63, 3.8) is 0 Å². The number of imidazole rings is 1. The van der Waals surface area contributed by atoms with Gasteiger partial charge in [-0.15, -0.1) is 11.8 Å². The average Bonchev–Trinajstić information content (AvgIpc) is 2.72. The van der Waals surface area contributed by atoms with Gasteiger partial charge in [0, 0.05) is 11.8 Å². The second-order valence-corrected chi connectivity index (χ2v) is 4.80. The van der Waals surface area contributed by atoms with E-state index in [-0.39, 0.29) is 5.82 Å². The number of aromatic nitrogens is 3. The molecule has 0 aliphatic rings. The molecule has 0 unspecified atom stereocenters. The van der Waals surface area contributed by atoms with Gasteiger partial charge in [0.15, 0.2) is 0 Å². The summed E-state index contributed by atoms with van der Waals surface area (Å²) in [7, 11) is 0. The van der Waals surface area contributed by atoms with Gasteiger partial charge in [0.25, 0.3) is 0 Å². The Hall–Kier alpha value is -1.28. The van der Waals surface area contributed by atoms with E-state index in [1.165, 1.54) is 10.7 Å². The SMILES string of the molecule is O=[N+]([O-])c1cnc2ccc(SCCCS)nn12. The van der Waals surface area contributed by atoms with Gasteiger partial charge in [0.05, 0.1) is 0 Å². The molecule has 2 heterocycles. The molecule has 2 aromatic rings. The van der Waals surface area contributed by atoms with E-state index in [4.69, 9.17) is 0 Å². The second-order valence-electron chi connectivity index (χ2n) is 3.24. The molecule has 6 nitrogen and oxygen atoms in total. The quantitative estimate of drug-likeness (QED) is 0.296. The molecule has 0 atom stereocenters. The van der Waals surface area contributed by atoms with E-state index in [9.17, 15) is 10.1 Å². The molecule has 2 aromatic heterocycles. The van der Waals surface area contributed by atoms with Crippen LogP contribution in [0, 0.1) is 10.1 Å². The number of rotatable bonds is 5. The van der Waals surface area contributed by atoms with Crippen molar-refractivity contribution in [3.8, 4) is 0 Å². The molecule has 0 aliphatic carbocycles. The third kappa shape index (κ3) is 2.70. The fourth-order valence-corrected chi connectivity index (χ4v) is 2.46. The zero-order chi connectivity index (χ0) is 12.3. The molecule has 0 bridgehead atoms. The summed E-state index contributed by atoms with van der Waals surface area (Å²) in [5, 5.41) is 15.7. The van der Waals surface area contributed by atoms with Crippen molar-refractivity contribution in [2.24, 2.45) is 0 Å². The van der Waals surface area contributed by atoms with Crippen LogP contribution in [0.25, 0.3) is 5.65 Å². The number of hydrogen-bond donors (Lipinski definition) is 1. The van der Waals surface area contributed by atoms with Gasteiger partial charge in [0.1, 0.15) is 11.2 Å². The topological polar surface area (TPSA) is 73.3 Å². The van der Waals surface area contributed by atoms with Crippen LogP contribution in [0.1, 0.15) is 6.42 Å². The lowest BCUT2D eigenvalue weighted by molar-refractivity contribution is -0.391. The van der Waals surface area contributed by atoms with Crippen molar-refractivity contribution in [2.45, 2.75) is 11.4 Å². The predicted octanol–water partition coefficient (Wildman–Crippen LogP) is 2.05. The van der Waals surface area contributed by atoms with Gasteiger partial charge >= 0.3 is 5.82 Å². The standard InChI is InChI=1S/C9H10N4O2S2/c14-13(15)9-6-10-7-2-3-8(11-12(7)9)17-5-1-4-16/h2-3,6,16H,1,4-5H2. The first-order chi connectivity index (χ1) is 8.22. The lowest BCUT2D eigenvalue weighted by Gasteiger charge is -1.98. The summed E-state index contributed by atoms with van der Waals surface area (Å²) in [5.41, 5.74) is 0.482. The first-order valence-corrected chi connectivity index (χ1v) is 6.57. The minimum Gasteiger partial charge on any atom is -0.358 e. The molecular weight excluding hydrogens is 260 g/mol. The molecule has 0 saturated carbocycles. The van der Waals surface area contributed by atoms with Gasteiger partial charge in [-0.1, -0.05) is 9.61 Å². The third-order valence-electron chi connectivity index (χ3n) is 2.06. The highest BCUT2D eigenvalue weighted by Gasteiger charge is 2.15. The normalized spacial score (nSPS) is 10.9. The van der Waals surface area contributed by atoms with Gasteiger partial charge in [-0.3, -0.25) is 0 Å². The molecule has 0 aromatic carbocycles. The first-order valence-electron chi connectivity index (χ1n) is 4.95. The lowest BCUT2D eigenvalue weighted by atomic mass is 10.6. The van der Waals surface area contributed by atoms with Crippen LogP contribution in [0.3, 0.4) is 0 Å². The minimum absolute atomic E-state index is 0.114. The lowest BCUT2D eigenvalue weighted by Crippen LogP contribution is -1.99. The summed E-state index contributed by atoms with van der Waals surface area (Å²) in [6, 6.07) is 3.54. The molecule has 0 amide bonds. The number of hydrogen-bond acceptors (Lipinski definition) is 6. The van der Waals surface area contributed by atoms with E-state index >= 15 is 0 Å². The van der Waals surface area contributed by atoms with E-state index < -0.39 is 4.92 Å². The van der Waals surface area contributed by atoms with Crippen molar-refractivity contribution < 1.29 is 4.92 Å². The van der Waals surface area contributed by atoms with Crippen LogP contribution in [-0.2, 0) is 0 Å². The minimum atomic E-state index is -0.491. The molecule has 0 saturated heterocycles. The van der Waals surface area contributed by atoms with Gasteiger partial charge in [0.2, 0.25) is 5.65 Å². The van der Waals surface area contributed by atoms with Gasteiger partial charge in [-0.05, 0) is 23.2 Å². The highest BCUT2D eigenvalue weighted by Crippen LogP contribution is 2.19. The maximum atomic E-state index is 10.7. The van der Waals surface area contributed by atoms with Crippen LogP contribution >= 0.6 is 24.4 Å². The number of thiol groups is 1. The summed E-state index contributed by atoms with van der Waals surface area (Å²) in [5.74, 6) is 1.60. The molecule has 2 rings (SSSR count). The monoisotopic (exact) mass is 270 g/mol. The fraction of sp³-hybridized carbons (Fsp3) is 0.333. The van der Waals surface area contributed by atoms with Crippen LogP contribution in [0.5, 0.6) is 0 Å². The van der Waals surface area contributed by atoms with Crippen molar-refractivity contribution in [1.29, 1.82) is 0 Å². The molecule has 0 aliphatic heterocycles. The van der Waals surface area contributed by atoms with E-state index in [0.717, 1.165) is 23.0 Å². The smallest absolute Gasteiger partial charge is 0.358 e. The number of nitro groups is 1. The first kappa shape index (κ1) is 12.2. The van der Waals surface area contributed by atoms with Crippen LogP contribution < -0.4 is 0 Å². The second kappa shape index (κ2) is 5.37. The Kier molecular flexibility index (Phi) is 3.85. The molecule has 90 valence electrons. The number of fused-ring (bicyclic) bond motifs is 1. The van der Waals surface area contributed by atoms with Crippen LogP contribution in [0.15, 0.2) is 23.4 Å². The summed E-state index contributed by atoms with van der Waals surface area (Å²) >= 11 is 5.67. The fourth-order valence-electron chi connectivity index (χ4n) is 1.29. The Bertz CT molecular complexity index is 543. The Labute approximate surface area is 107 Å². The van der Waals surface area contributed by atoms with Crippen LogP contribution in [0.4, 0.5) is 5.82 Å². The Morgan fingerprint density at radius 2 is 2.35 bits per heavy atom. The van der Waals surface area contributed by atoms with E-state index in [1.807, 2.05) is 6.07 Å². The van der Waals surface area contributed by atoms with Crippen molar-refractivity contribution in [1.82, 2.24) is 14.6 Å². The highest BCUT2D eigenvalue weighted by atomic mass is 32.2. The van der Waals surface area contributed by atoms with Crippen LogP contribution in [-0.4, -0.2) is 31.0 Å². The summed E-state index contributed by atoms with van der Waals surface area (Å²) < 4.78 is 1.25. The van der Waals surface area contributed by atoms with Crippen molar-refractivity contribution in [2.75, 3.05) is 11.5 Å². The Morgan fingerprint density at radius 3 is 3.06 bits per heavy atom. The van der Waals surface area contributed by atoms with E-state index in [0.29, 0.717) is 5.65 Å². The summed E-state index contributed by atoms with van der Waals surface area (Å²) in [6.45, 7) is 0. The molecule has 0 fully saturated rings. The zero-order valence-corrected chi connectivity index (χ0v) is 10.5. The molecular formula is C9H10N4O2S2. The average molecular weight is 270 g/mol. The van der Waals surface area contributed by atoms with Crippen LogP contribution in [0.2, 0.25) is 0 Å². The van der Waals surface area contributed by atoms with Crippen molar-refractivity contribution >= 4 is 35.9 Å². The molecule has 0 radical (unpaired) electrons. The molecule has 8 heteroatoms. The molecule has 0 spiro atoms. The van der Waals surface area contributed by atoms with Gasteiger partial charge < -0.3 is 10.1 Å². The Morgan fingerprint density at radius 1 is 1.53 bits per heavy atom. The largest absolute Gasteiger partial charge is 0.368 e. The maximum Gasteiger partial charge on any atom is 0.368 e. The summed E-state index contributed by atoms with van der Waals surface area (Å²) in [4.78, 5) is 14.2. The van der Waals surface area contributed by atoms with Gasteiger partial charge in [-0.2, -0.15) is 12.6 Å². The van der Waals surface area contributed by atoms with E-state index in [2.05, 4.69) is 22.7 Å². The van der Waals surface area contributed by atoms with Gasteiger partial charge in [-0.25, -0.2) is 4.98 Å². The third-order valence-corrected chi connectivity index (χ3v) is 3.38.